The highest BCUT2D eigenvalue weighted by Crippen LogP contribution is 2.45. The molecule has 0 saturated carbocycles. The monoisotopic (exact) mass is 1200 g/mol. The molecule has 0 amide bonds. The van der Waals surface area contributed by atoms with Gasteiger partial charge in [0, 0.05) is 80.1 Å². The number of benzene rings is 14. The summed E-state index contributed by atoms with van der Waals surface area (Å²) in [6.07, 6.45) is 0. The Kier molecular flexibility index (Phi) is 11.2. The molecule has 93 heavy (non-hydrogen) atoms. The average Bonchev–Trinajstić information content (AvgIpc) is 1.57. The van der Waals surface area contributed by atoms with E-state index in [0.717, 1.165) is 143 Å². The van der Waals surface area contributed by atoms with Gasteiger partial charge in [0.25, 0.3) is 0 Å². The second-order valence-electron chi connectivity index (χ2n) is 24.3. The summed E-state index contributed by atoms with van der Waals surface area (Å²) in [5.41, 5.74) is 19.2. The molecule has 7 nitrogen and oxygen atoms in total. The first-order valence-electron chi connectivity index (χ1n) is 31.4. The van der Waals surface area contributed by atoms with Crippen molar-refractivity contribution in [3.63, 3.8) is 0 Å². The molecule has 432 valence electrons. The van der Waals surface area contributed by atoms with Crippen molar-refractivity contribution in [1.82, 2.24) is 24.1 Å². The highest BCUT2D eigenvalue weighted by Gasteiger charge is 2.24. The Bertz CT molecular complexity index is 6320. The SMILES string of the molecule is c1ccc(-c2cc(-c3ccc4sc5cc6ccccc6cc5c4c3)cc(-n3c4ccccc4c4cc5c(cc43)c3ccccc3n5-c3nc(-c4ccc5oc6ccc(-c7ccccc7)cc6c5c4)nc(-c4ccc5oc6ccc(-c7ccccc7)cc6c5c4)n3)c2)cc1. The molecule has 20 rings (SSSR count). The fourth-order valence-electron chi connectivity index (χ4n) is 14.4. The number of nitrogens with zero attached hydrogens (tertiary/aromatic N) is 5. The van der Waals surface area contributed by atoms with E-state index in [0.29, 0.717) is 17.6 Å². The van der Waals surface area contributed by atoms with E-state index in [-0.39, 0.29) is 0 Å². The zero-order valence-corrected chi connectivity index (χ0v) is 50.6. The van der Waals surface area contributed by atoms with Crippen molar-refractivity contribution in [2.45, 2.75) is 0 Å². The first-order chi connectivity index (χ1) is 46.0. The van der Waals surface area contributed by atoms with Crippen molar-refractivity contribution in [2.75, 3.05) is 0 Å². The van der Waals surface area contributed by atoms with Crippen LogP contribution in [-0.2, 0) is 0 Å². The predicted octanol–water partition coefficient (Wildman–Crippen LogP) is 23.4. The van der Waals surface area contributed by atoms with Gasteiger partial charge in [0.2, 0.25) is 5.95 Å². The van der Waals surface area contributed by atoms with Crippen LogP contribution in [0.3, 0.4) is 0 Å². The summed E-state index contributed by atoms with van der Waals surface area (Å²) >= 11 is 1.86. The molecule has 0 bridgehead atoms. The van der Waals surface area contributed by atoms with Gasteiger partial charge in [0.15, 0.2) is 11.6 Å². The normalized spacial score (nSPS) is 12.1. The summed E-state index contributed by atoms with van der Waals surface area (Å²) in [4.78, 5) is 16.6. The maximum atomic E-state index is 6.53. The van der Waals surface area contributed by atoms with Crippen molar-refractivity contribution in [2.24, 2.45) is 0 Å². The number of hydrogen-bond acceptors (Lipinski definition) is 6. The fourth-order valence-corrected chi connectivity index (χ4v) is 15.6. The largest absolute Gasteiger partial charge is 0.456 e. The van der Waals surface area contributed by atoms with Crippen LogP contribution in [0.2, 0.25) is 0 Å². The lowest BCUT2D eigenvalue weighted by Gasteiger charge is -2.14. The zero-order chi connectivity index (χ0) is 60.8. The molecular weight excluding hydrogens is 1160 g/mol. The van der Waals surface area contributed by atoms with Gasteiger partial charge in [-0.25, -0.2) is 4.98 Å². The number of aromatic nitrogens is 5. The molecule has 6 aromatic heterocycles. The van der Waals surface area contributed by atoms with Crippen molar-refractivity contribution in [3.05, 3.63) is 297 Å². The van der Waals surface area contributed by atoms with E-state index in [9.17, 15) is 0 Å². The third-order valence-corrected chi connectivity index (χ3v) is 20.0. The van der Waals surface area contributed by atoms with E-state index in [1.54, 1.807) is 0 Å². The smallest absolute Gasteiger partial charge is 0.238 e. The number of fused-ring (bicyclic) bond motifs is 16. The number of hydrogen-bond donors (Lipinski definition) is 0. The Morgan fingerprint density at radius 2 is 0.645 bits per heavy atom. The van der Waals surface area contributed by atoms with Crippen molar-refractivity contribution in [1.29, 1.82) is 0 Å². The van der Waals surface area contributed by atoms with Gasteiger partial charge in [-0.1, -0.05) is 170 Å². The Labute approximate surface area is 535 Å². The summed E-state index contributed by atoms with van der Waals surface area (Å²) in [7, 11) is 0. The molecule has 0 aliphatic carbocycles. The van der Waals surface area contributed by atoms with Gasteiger partial charge in [-0.15, -0.1) is 11.3 Å². The lowest BCUT2D eigenvalue weighted by atomic mass is 9.96. The minimum atomic E-state index is 0.500. The molecule has 0 spiro atoms. The maximum absolute atomic E-state index is 6.53. The Hall–Kier alpha value is -12.2. The minimum absolute atomic E-state index is 0.500. The van der Waals surface area contributed by atoms with Gasteiger partial charge in [-0.3, -0.25) is 4.57 Å². The standard InChI is InChI=1S/C85H49N5O2S/c1-4-16-50(17-5-1)55-28-33-77-67(41-55)69-45-58(30-35-79(69)91-77)83-86-84(59-31-36-80-70(46-59)68-42-56(29-34-78(68)92-80)51-18-6-2-7-19-51)88-85(87-83)90-74-27-15-13-25-64(74)66-48-75-65(49-76(66)90)63-24-12-14-26-73(63)89(75)62-39-60(52-20-8-3-9-21-52)38-61(40-62)57-32-37-81-71(44-57)72-43-53-22-10-11-23-54(53)47-82(72)93-81/h1-49H. The quantitative estimate of drug-likeness (QED) is 0.152. The second kappa shape index (κ2) is 20.1. The topological polar surface area (TPSA) is 74.8 Å². The number of rotatable bonds is 8. The molecule has 0 atom stereocenters. The number of para-hydroxylation sites is 2. The van der Waals surface area contributed by atoms with Crippen LogP contribution in [-0.4, -0.2) is 24.1 Å². The van der Waals surface area contributed by atoms with Crippen molar-refractivity contribution in [3.8, 4) is 78.9 Å². The maximum Gasteiger partial charge on any atom is 0.238 e. The number of thiophene rings is 1. The van der Waals surface area contributed by atoms with E-state index in [4.69, 9.17) is 23.8 Å². The Morgan fingerprint density at radius 1 is 0.237 bits per heavy atom. The molecular formula is C85H49N5O2S. The van der Waals surface area contributed by atoms with E-state index in [2.05, 4.69) is 282 Å². The highest BCUT2D eigenvalue weighted by molar-refractivity contribution is 7.25. The Morgan fingerprint density at radius 3 is 1.20 bits per heavy atom. The molecule has 8 heteroatoms. The molecule has 6 heterocycles. The molecule has 20 aromatic rings. The van der Waals surface area contributed by atoms with Gasteiger partial charge in [0.1, 0.15) is 22.3 Å². The molecule has 0 aliphatic heterocycles. The Balaban J connectivity index is 0.801. The van der Waals surface area contributed by atoms with E-state index < -0.39 is 0 Å². The molecule has 0 aliphatic rings. The molecule has 0 fully saturated rings. The molecule has 0 saturated heterocycles. The first-order valence-corrected chi connectivity index (χ1v) is 32.2. The summed E-state index contributed by atoms with van der Waals surface area (Å²) in [6.45, 7) is 0. The van der Waals surface area contributed by atoms with Crippen LogP contribution < -0.4 is 0 Å². The van der Waals surface area contributed by atoms with E-state index >= 15 is 0 Å². The van der Waals surface area contributed by atoms with Crippen LogP contribution >= 0.6 is 11.3 Å². The van der Waals surface area contributed by atoms with Crippen LogP contribution in [0.5, 0.6) is 0 Å². The summed E-state index contributed by atoms with van der Waals surface area (Å²) < 4.78 is 20.3. The van der Waals surface area contributed by atoms with Gasteiger partial charge < -0.3 is 13.4 Å². The fraction of sp³-hybridized carbons (Fsp3) is 0. The first kappa shape index (κ1) is 51.6. The van der Waals surface area contributed by atoms with Crippen LogP contribution in [0.4, 0.5) is 0 Å². The third kappa shape index (κ3) is 8.25. The minimum Gasteiger partial charge on any atom is -0.456 e. The van der Waals surface area contributed by atoms with Gasteiger partial charge in [0.05, 0.1) is 22.1 Å². The van der Waals surface area contributed by atoms with E-state index in [1.807, 2.05) is 35.6 Å². The molecule has 0 radical (unpaired) electrons. The average molecular weight is 1200 g/mol. The second-order valence-corrected chi connectivity index (χ2v) is 25.4. The predicted molar refractivity (Wildman–Crippen MR) is 386 cm³/mol. The number of furan rings is 2. The van der Waals surface area contributed by atoms with Gasteiger partial charge >= 0.3 is 0 Å². The van der Waals surface area contributed by atoms with Crippen molar-refractivity contribution >= 4 is 130 Å². The summed E-state index contributed by atoms with van der Waals surface area (Å²) in [5.74, 6) is 1.57. The van der Waals surface area contributed by atoms with Gasteiger partial charge in [-0.05, 0) is 183 Å². The molecule has 0 N–H and O–H groups in total. The van der Waals surface area contributed by atoms with Gasteiger partial charge in [-0.2, -0.15) is 9.97 Å². The van der Waals surface area contributed by atoms with E-state index in [1.165, 1.54) is 36.5 Å². The summed E-state index contributed by atoms with van der Waals surface area (Å²) in [6, 6.07) is 107. The molecule has 14 aromatic carbocycles. The zero-order valence-electron chi connectivity index (χ0n) is 49.8. The molecule has 0 unspecified atom stereocenters. The van der Waals surface area contributed by atoms with Crippen LogP contribution in [0.15, 0.2) is 306 Å². The van der Waals surface area contributed by atoms with Crippen LogP contribution in [0.1, 0.15) is 0 Å². The lowest BCUT2D eigenvalue weighted by molar-refractivity contribution is 0.668. The van der Waals surface area contributed by atoms with Crippen molar-refractivity contribution < 1.29 is 8.83 Å². The van der Waals surface area contributed by atoms with Crippen LogP contribution in [0.25, 0.3) is 197 Å². The highest BCUT2D eigenvalue weighted by atomic mass is 32.1. The van der Waals surface area contributed by atoms with Crippen LogP contribution in [0, 0.1) is 0 Å². The lowest BCUT2D eigenvalue weighted by Crippen LogP contribution is -2.06. The third-order valence-electron chi connectivity index (χ3n) is 18.9. The summed E-state index contributed by atoms with van der Waals surface area (Å²) in [5, 5.41) is 13.5.